The highest BCUT2D eigenvalue weighted by Crippen LogP contribution is 2.20. The van der Waals surface area contributed by atoms with Crippen LogP contribution in [-0.4, -0.2) is 9.78 Å². The largest absolute Gasteiger partial charge is 0.379 e. The summed E-state index contributed by atoms with van der Waals surface area (Å²) in [6.07, 6.45) is 3.62. The van der Waals surface area contributed by atoms with Crippen LogP contribution in [-0.2, 0) is 6.54 Å². The number of hydrogen-bond acceptors (Lipinski definition) is 2. The van der Waals surface area contributed by atoms with Gasteiger partial charge in [-0.05, 0) is 31.2 Å². The number of benzene rings is 2. The number of halogens is 1. The van der Waals surface area contributed by atoms with Crippen molar-refractivity contribution in [1.82, 2.24) is 9.78 Å². The van der Waals surface area contributed by atoms with Crippen LogP contribution in [0.3, 0.4) is 0 Å². The van der Waals surface area contributed by atoms with Gasteiger partial charge in [0, 0.05) is 24.5 Å². The van der Waals surface area contributed by atoms with E-state index in [-0.39, 0.29) is 5.82 Å². The lowest BCUT2D eigenvalue weighted by Gasteiger charge is -2.12. The Bertz CT molecular complexity index is 736. The summed E-state index contributed by atoms with van der Waals surface area (Å²) in [7, 11) is 0. The summed E-state index contributed by atoms with van der Waals surface area (Å²) < 4.78 is 15.6. The second-order valence-corrected chi connectivity index (χ2v) is 4.92. The van der Waals surface area contributed by atoms with Crippen LogP contribution in [0.5, 0.6) is 0 Å². The monoisotopic (exact) mass is 281 g/mol. The molecule has 0 aliphatic carbocycles. The Balaban J connectivity index is 1.84. The summed E-state index contributed by atoms with van der Waals surface area (Å²) in [4.78, 5) is 0. The number of aromatic nitrogens is 2. The van der Waals surface area contributed by atoms with Gasteiger partial charge in [-0.25, -0.2) is 9.07 Å². The zero-order chi connectivity index (χ0) is 14.7. The molecule has 3 rings (SSSR count). The Kier molecular flexibility index (Phi) is 3.69. The summed E-state index contributed by atoms with van der Waals surface area (Å²) in [5, 5.41) is 7.52. The molecule has 0 saturated carbocycles. The molecule has 0 bridgehead atoms. The van der Waals surface area contributed by atoms with Gasteiger partial charge in [-0.2, -0.15) is 5.10 Å². The predicted molar refractivity (Wildman–Crippen MR) is 82.0 cm³/mol. The van der Waals surface area contributed by atoms with E-state index >= 15 is 0 Å². The minimum absolute atomic E-state index is 0.190. The van der Waals surface area contributed by atoms with Crippen LogP contribution in [0.2, 0.25) is 0 Å². The highest BCUT2D eigenvalue weighted by Gasteiger charge is 2.06. The van der Waals surface area contributed by atoms with E-state index in [0.717, 1.165) is 16.9 Å². The maximum absolute atomic E-state index is 13.8. The van der Waals surface area contributed by atoms with Crippen LogP contribution >= 0.6 is 0 Å². The minimum Gasteiger partial charge on any atom is -0.379 e. The minimum atomic E-state index is -0.190. The zero-order valence-electron chi connectivity index (χ0n) is 11.8. The third-order valence-corrected chi connectivity index (χ3v) is 3.33. The van der Waals surface area contributed by atoms with Gasteiger partial charge >= 0.3 is 0 Å². The van der Waals surface area contributed by atoms with E-state index in [1.54, 1.807) is 16.9 Å². The fraction of sp³-hybridized carbons (Fsp3) is 0.118. The SMILES string of the molecule is Cc1ccc(F)c(CNc2ccccc2-n2cccn2)c1. The van der Waals surface area contributed by atoms with Crippen molar-refractivity contribution in [1.29, 1.82) is 0 Å². The fourth-order valence-electron chi connectivity index (χ4n) is 2.26. The molecule has 1 aromatic heterocycles. The third kappa shape index (κ3) is 2.94. The van der Waals surface area contributed by atoms with Crippen LogP contribution in [0.1, 0.15) is 11.1 Å². The first kappa shape index (κ1) is 13.4. The van der Waals surface area contributed by atoms with Gasteiger partial charge in [0.2, 0.25) is 0 Å². The number of anilines is 1. The fourth-order valence-corrected chi connectivity index (χ4v) is 2.26. The molecule has 2 aromatic carbocycles. The van der Waals surface area contributed by atoms with E-state index < -0.39 is 0 Å². The molecular weight excluding hydrogens is 265 g/mol. The molecular formula is C17H16FN3. The van der Waals surface area contributed by atoms with E-state index in [4.69, 9.17) is 0 Å². The lowest BCUT2D eigenvalue weighted by atomic mass is 10.1. The van der Waals surface area contributed by atoms with E-state index in [2.05, 4.69) is 10.4 Å². The average molecular weight is 281 g/mol. The van der Waals surface area contributed by atoms with E-state index in [1.165, 1.54) is 6.07 Å². The van der Waals surface area contributed by atoms with Crippen molar-refractivity contribution in [2.45, 2.75) is 13.5 Å². The predicted octanol–water partition coefficient (Wildman–Crippen LogP) is 3.93. The molecule has 0 aliphatic heterocycles. The molecule has 1 N–H and O–H groups in total. The standard InChI is InChI=1S/C17H16FN3/c1-13-7-8-15(18)14(11-13)12-19-16-5-2-3-6-17(16)21-10-4-9-20-21/h2-11,19H,12H2,1H3. The first-order chi connectivity index (χ1) is 10.2. The van der Waals surface area contributed by atoms with Crippen molar-refractivity contribution in [3.8, 4) is 5.69 Å². The average Bonchev–Trinajstić information content (AvgIpc) is 3.03. The maximum Gasteiger partial charge on any atom is 0.128 e. The quantitative estimate of drug-likeness (QED) is 0.785. The summed E-state index contributed by atoms with van der Waals surface area (Å²) in [5.41, 5.74) is 3.57. The van der Waals surface area contributed by atoms with Crippen LogP contribution in [0.4, 0.5) is 10.1 Å². The maximum atomic E-state index is 13.8. The third-order valence-electron chi connectivity index (χ3n) is 3.33. The lowest BCUT2D eigenvalue weighted by molar-refractivity contribution is 0.612. The highest BCUT2D eigenvalue weighted by molar-refractivity contribution is 5.60. The molecule has 0 fully saturated rings. The van der Waals surface area contributed by atoms with Gasteiger partial charge in [0.1, 0.15) is 5.82 Å². The molecule has 3 aromatic rings. The van der Waals surface area contributed by atoms with Gasteiger partial charge in [-0.1, -0.05) is 29.8 Å². The normalized spacial score (nSPS) is 10.6. The van der Waals surface area contributed by atoms with Crippen molar-refractivity contribution in [3.05, 3.63) is 77.9 Å². The molecule has 106 valence electrons. The number of nitrogens with zero attached hydrogens (tertiary/aromatic N) is 2. The second kappa shape index (κ2) is 5.79. The van der Waals surface area contributed by atoms with E-state index in [1.807, 2.05) is 49.5 Å². The summed E-state index contributed by atoms with van der Waals surface area (Å²) in [5.74, 6) is -0.190. The smallest absolute Gasteiger partial charge is 0.128 e. The molecule has 0 radical (unpaired) electrons. The Hall–Kier alpha value is -2.62. The van der Waals surface area contributed by atoms with Gasteiger partial charge in [-0.3, -0.25) is 0 Å². The van der Waals surface area contributed by atoms with Gasteiger partial charge in [-0.15, -0.1) is 0 Å². The van der Waals surface area contributed by atoms with Crippen molar-refractivity contribution in [2.75, 3.05) is 5.32 Å². The molecule has 0 spiro atoms. The first-order valence-corrected chi connectivity index (χ1v) is 6.82. The molecule has 0 atom stereocenters. The number of aryl methyl sites for hydroxylation is 1. The van der Waals surface area contributed by atoms with Gasteiger partial charge < -0.3 is 5.32 Å². The Morgan fingerprint density at radius 1 is 1.14 bits per heavy atom. The molecule has 4 heteroatoms. The van der Waals surface area contributed by atoms with Crippen molar-refractivity contribution in [2.24, 2.45) is 0 Å². The summed E-state index contributed by atoms with van der Waals surface area (Å²) >= 11 is 0. The lowest BCUT2D eigenvalue weighted by Crippen LogP contribution is -2.06. The number of rotatable bonds is 4. The molecule has 0 saturated heterocycles. The molecule has 3 nitrogen and oxygen atoms in total. The summed E-state index contributed by atoms with van der Waals surface area (Å²) in [6, 6.07) is 14.8. The van der Waals surface area contributed by atoms with Gasteiger partial charge in [0.15, 0.2) is 0 Å². The Morgan fingerprint density at radius 2 is 2.00 bits per heavy atom. The van der Waals surface area contributed by atoms with Crippen LogP contribution in [0.25, 0.3) is 5.69 Å². The molecule has 1 heterocycles. The Labute approximate surface area is 123 Å². The Morgan fingerprint density at radius 3 is 2.81 bits per heavy atom. The number of nitrogens with one attached hydrogen (secondary N) is 1. The van der Waals surface area contributed by atoms with Gasteiger partial charge in [0.05, 0.1) is 11.4 Å². The van der Waals surface area contributed by atoms with Crippen molar-refractivity contribution >= 4 is 5.69 Å². The van der Waals surface area contributed by atoms with Crippen LogP contribution in [0.15, 0.2) is 60.9 Å². The second-order valence-electron chi connectivity index (χ2n) is 4.92. The molecule has 0 aliphatic rings. The van der Waals surface area contributed by atoms with E-state index in [0.29, 0.717) is 12.1 Å². The van der Waals surface area contributed by atoms with Gasteiger partial charge in [0.25, 0.3) is 0 Å². The van der Waals surface area contributed by atoms with Crippen LogP contribution < -0.4 is 5.32 Å². The molecule has 0 amide bonds. The first-order valence-electron chi connectivity index (χ1n) is 6.82. The number of hydrogen-bond donors (Lipinski definition) is 1. The van der Waals surface area contributed by atoms with Crippen molar-refractivity contribution < 1.29 is 4.39 Å². The zero-order valence-corrected chi connectivity index (χ0v) is 11.8. The van der Waals surface area contributed by atoms with E-state index in [9.17, 15) is 4.39 Å². The highest BCUT2D eigenvalue weighted by atomic mass is 19.1. The summed E-state index contributed by atoms with van der Waals surface area (Å²) in [6.45, 7) is 2.40. The molecule has 0 unspecified atom stereocenters. The van der Waals surface area contributed by atoms with Crippen molar-refractivity contribution in [3.63, 3.8) is 0 Å². The molecule has 21 heavy (non-hydrogen) atoms. The topological polar surface area (TPSA) is 29.9 Å². The van der Waals surface area contributed by atoms with Crippen LogP contribution in [0, 0.1) is 12.7 Å². The number of para-hydroxylation sites is 2.